The summed E-state index contributed by atoms with van der Waals surface area (Å²) in [6.45, 7) is 0.177. The van der Waals surface area contributed by atoms with E-state index in [0.29, 0.717) is 11.5 Å². The van der Waals surface area contributed by atoms with Gasteiger partial charge in [-0.2, -0.15) is 5.10 Å². The molecular formula is C17H13N3O6. The third-order valence-electron chi connectivity index (χ3n) is 3.16. The number of nitrogens with one attached hydrogen (secondary N) is 1. The number of benzene rings is 1. The summed E-state index contributed by atoms with van der Waals surface area (Å²) in [5.74, 6) is 0.365. The number of carbonyl (C=O) groups is 1. The lowest BCUT2D eigenvalue weighted by atomic mass is 10.3. The van der Waals surface area contributed by atoms with Crippen LogP contribution in [0.25, 0.3) is 0 Å². The quantitative estimate of drug-likeness (QED) is 0.395. The Labute approximate surface area is 147 Å². The molecule has 9 heteroatoms. The minimum absolute atomic E-state index is 0.0548. The topological polar surface area (TPSA) is 120 Å². The van der Waals surface area contributed by atoms with Gasteiger partial charge in [0.15, 0.2) is 11.5 Å². The van der Waals surface area contributed by atoms with Crippen molar-refractivity contribution in [3.05, 3.63) is 82.0 Å². The van der Waals surface area contributed by atoms with Crippen molar-refractivity contribution in [3.63, 3.8) is 0 Å². The molecule has 0 unspecified atom stereocenters. The van der Waals surface area contributed by atoms with Crippen LogP contribution in [0.15, 0.2) is 68.5 Å². The fraction of sp³-hybridized carbons (Fsp3) is 0.0588. The van der Waals surface area contributed by atoms with Gasteiger partial charge >= 0.3 is 11.8 Å². The summed E-state index contributed by atoms with van der Waals surface area (Å²) in [5.41, 5.74) is 2.24. The Morgan fingerprint density at radius 2 is 1.96 bits per heavy atom. The van der Waals surface area contributed by atoms with Crippen LogP contribution in [0.3, 0.4) is 0 Å². The fourth-order valence-corrected chi connectivity index (χ4v) is 1.97. The third kappa shape index (κ3) is 4.35. The molecule has 0 aliphatic carbocycles. The van der Waals surface area contributed by atoms with E-state index in [1.165, 1.54) is 18.2 Å². The summed E-state index contributed by atoms with van der Waals surface area (Å²) in [6, 6.07) is 14.9. The summed E-state index contributed by atoms with van der Waals surface area (Å²) in [7, 11) is 0. The molecule has 0 aliphatic rings. The van der Waals surface area contributed by atoms with Crippen molar-refractivity contribution in [2.75, 3.05) is 0 Å². The summed E-state index contributed by atoms with van der Waals surface area (Å²) in [5, 5.41) is 14.2. The maximum Gasteiger partial charge on any atom is 0.433 e. The van der Waals surface area contributed by atoms with Gasteiger partial charge in [-0.3, -0.25) is 14.9 Å². The number of nitrogens with zero attached hydrogens (tertiary/aromatic N) is 2. The van der Waals surface area contributed by atoms with Crippen LogP contribution < -0.4 is 10.2 Å². The lowest BCUT2D eigenvalue weighted by Gasteiger charge is -2.03. The number of nitro groups is 1. The monoisotopic (exact) mass is 355 g/mol. The Balaban J connectivity index is 1.52. The van der Waals surface area contributed by atoms with Crippen LogP contribution in [0.4, 0.5) is 5.88 Å². The second-order valence-corrected chi connectivity index (χ2v) is 5.00. The Kier molecular flexibility index (Phi) is 5.08. The molecule has 0 bridgehead atoms. The van der Waals surface area contributed by atoms with Crippen LogP contribution in [0.1, 0.15) is 22.1 Å². The molecule has 9 nitrogen and oxygen atoms in total. The molecule has 26 heavy (non-hydrogen) atoms. The molecule has 1 amide bonds. The van der Waals surface area contributed by atoms with Crippen LogP contribution in [0, 0.1) is 10.1 Å². The number of hydrazone groups is 1. The van der Waals surface area contributed by atoms with Crippen molar-refractivity contribution in [3.8, 4) is 5.75 Å². The standard InChI is InChI=1S/C17H13N3O6/c21-17(19-18-10-13-7-9-16(26-13)20(22)23)15-8-6-14(25-15)11-24-12-4-2-1-3-5-12/h1-10H,11H2,(H,19,21)/b18-10-. The molecule has 0 radical (unpaired) electrons. The molecule has 0 saturated heterocycles. The van der Waals surface area contributed by atoms with Gasteiger partial charge in [-0.25, -0.2) is 5.43 Å². The maximum atomic E-state index is 11.9. The van der Waals surface area contributed by atoms with Crippen LogP contribution in [-0.2, 0) is 6.61 Å². The number of amides is 1. The Bertz CT molecular complexity index is 929. The number of para-hydroxylation sites is 1. The highest BCUT2D eigenvalue weighted by molar-refractivity contribution is 5.92. The first-order valence-electron chi connectivity index (χ1n) is 7.46. The first-order chi connectivity index (χ1) is 12.6. The van der Waals surface area contributed by atoms with Crippen molar-refractivity contribution in [1.82, 2.24) is 5.43 Å². The highest BCUT2D eigenvalue weighted by atomic mass is 16.6. The smallest absolute Gasteiger partial charge is 0.433 e. The molecule has 2 aromatic heterocycles. The number of carbonyl (C=O) groups excluding carboxylic acids is 1. The van der Waals surface area contributed by atoms with E-state index in [0.717, 1.165) is 6.21 Å². The second-order valence-electron chi connectivity index (χ2n) is 5.00. The van der Waals surface area contributed by atoms with Gasteiger partial charge in [0.2, 0.25) is 0 Å². The van der Waals surface area contributed by atoms with Crippen LogP contribution in [0.2, 0.25) is 0 Å². The van der Waals surface area contributed by atoms with E-state index in [-0.39, 0.29) is 18.1 Å². The third-order valence-corrected chi connectivity index (χ3v) is 3.16. The van der Waals surface area contributed by atoms with Gasteiger partial charge in [0.05, 0.1) is 12.3 Å². The molecule has 0 spiro atoms. The lowest BCUT2D eigenvalue weighted by Crippen LogP contribution is -2.16. The van der Waals surface area contributed by atoms with Gasteiger partial charge in [-0.05, 0) is 30.3 Å². The molecule has 2 heterocycles. The molecule has 0 aliphatic heterocycles. The van der Waals surface area contributed by atoms with Crippen LogP contribution in [0.5, 0.6) is 5.75 Å². The molecule has 132 valence electrons. The van der Waals surface area contributed by atoms with Crippen molar-refractivity contribution in [1.29, 1.82) is 0 Å². The van der Waals surface area contributed by atoms with Gasteiger partial charge in [-0.15, -0.1) is 0 Å². The van der Waals surface area contributed by atoms with E-state index in [1.807, 2.05) is 30.3 Å². The first kappa shape index (κ1) is 17.0. The largest absolute Gasteiger partial charge is 0.486 e. The lowest BCUT2D eigenvalue weighted by molar-refractivity contribution is -0.402. The average molecular weight is 355 g/mol. The molecule has 1 aromatic carbocycles. The molecular weight excluding hydrogens is 342 g/mol. The predicted molar refractivity (Wildman–Crippen MR) is 89.9 cm³/mol. The van der Waals surface area contributed by atoms with Crippen LogP contribution >= 0.6 is 0 Å². The number of hydrogen-bond acceptors (Lipinski definition) is 7. The molecule has 0 atom stereocenters. The van der Waals surface area contributed by atoms with E-state index < -0.39 is 16.7 Å². The predicted octanol–water partition coefficient (Wildman–Crippen LogP) is 3.12. The normalized spacial score (nSPS) is 10.8. The van der Waals surface area contributed by atoms with Crippen molar-refractivity contribution in [2.45, 2.75) is 6.61 Å². The average Bonchev–Trinajstić information content (AvgIpc) is 3.30. The summed E-state index contributed by atoms with van der Waals surface area (Å²) < 4.78 is 15.8. The highest BCUT2D eigenvalue weighted by Crippen LogP contribution is 2.15. The zero-order valence-electron chi connectivity index (χ0n) is 13.3. The van der Waals surface area contributed by atoms with E-state index in [1.54, 1.807) is 6.07 Å². The zero-order chi connectivity index (χ0) is 18.4. The van der Waals surface area contributed by atoms with Gasteiger partial charge < -0.3 is 13.6 Å². The summed E-state index contributed by atoms with van der Waals surface area (Å²) in [6.07, 6.45) is 1.15. The summed E-state index contributed by atoms with van der Waals surface area (Å²) in [4.78, 5) is 21.8. The van der Waals surface area contributed by atoms with Gasteiger partial charge in [0, 0.05) is 0 Å². The highest BCUT2D eigenvalue weighted by Gasteiger charge is 2.12. The number of hydrogen-bond donors (Lipinski definition) is 1. The SMILES string of the molecule is O=C(N/N=C\c1ccc([N+](=O)[O-])o1)c1ccc(COc2ccccc2)o1. The molecule has 3 aromatic rings. The van der Waals surface area contributed by atoms with Gasteiger partial charge in [0.25, 0.3) is 0 Å². The first-order valence-corrected chi connectivity index (χ1v) is 7.46. The minimum atomic E-state index is -0.669. The molecule has 0 saturated carbocycles. The van der Waals surface area contributed by atoms with Gasteiger partial charge in [-0.1, -0.05) is 18.2 Å². The fourth-order valence-electron chi connectivity index (χ4n) is 1.97. The van der Waals surface area contributed by atoms with Crippen molar-refractivity contribution in [2.24, 2.45) is 5.10 Å². The molecule has 1 N–H and O–H groups in total. The molecule has 3 rings (SSSR count). The number of rotatable bonds is 7. The number of ether oxygens (including phenoxy) is 1. The van der Waals surface area contributed by atoms with E-state index >= 15 is 0 Å². The molecule has 0 fully saturated rings. The minimum Gasteiger partial charge on any atom is -0.486 e. The Hall–Kier alpha value is -3.88. The Morgan fingerprint density at radius 3 is 2.69 bits per heavy atom. The second kappa shape index (κ2) is 7.79. The van der Waals surface area contributed by atoms with Crippen molar-refractivity contribution < 1.29 is 23.3 Å². The Morgan fingerprint density at radius 1 is 1.15 bits per heavy atom. The van der Waals surface area contributed by atoms with E-state index in [9.17, 15) is 14.9 Å². The van der Waals surface area contributed by atoms with Gasteiger partial charge in [0.1, 0.15) is 23.0 Å². The van der Waals surface area contributed by atoms with Crippen LogP contribution in [-0.4, -0.2) is 17.0 Å². The number of furan rings is 2. The van der Waals surface area contributed by atoms with Crippen molar-refractivity contribution >= 4 is 18.0 Å². The maximum absolute atomic E-state index is 11.9. The zero-order valence-corrected chi connectivity index (χ0v) is 13.3. The van der Waals surface area contributed by atoms with E-state index in [4.69, 9.17) is 13.6 Å². The summed E-state index contributed by atoms with van der Waals surface area (Å²) >= 11 is 0. The van der Waals surface area contributed by atoms with E-state index in [2.05, 4.69) is 10.5 Å².